The molecular formula is C12H11BrF2O4. The van der Waals surface area contributed by atoms with E-state index in [4.69, 9.17) is 5.11 Å². The zero-order chi connectivity index (χ0) is 14.7. The first kappa shape index (κ1) is 15.7. The maximum absolute atomic E-state index is 12.7. The lowest BCUT2D eigenvalue weighted by Crippen LogP contribution is -2.16. The van der Waals surface area contributed by atoms with Crippen LogP contribution in [0.3, 0.4) is 0 Å². The number of halogens is 3. The number of ketones is 1. The van der Waals surface area contributed by atoms with Gasteiger partial charge in [-0.3, -0.25) is 4.79 Å². The van der Waals surface area contributed by atoms with Gasteiger partial charge in [0.1, 0.15) is 0 Å². The highest BCUT2D eigenvalue weighted by atomic mass is 79.9. The van der Waals surface area contributed by atoms with Crippen LogP contribution in [0.4, 0.5) is 8.78 Å². The number of aliphatic carboxylic acids is 1. The summed E-state index contributed by atoms with van der Waals surface area (Å²) in [4.78, 5) is 21.9. The largest absolute Gasteiger partial charge is 0.479 e. The zero-order valence-electron chi connectivity index (χ0n) is 9.81. The van der Waals surface area contributed by atoms with E-state index in [1.165, 1.54) is 6.07 Å². The van der Waals surface area contributed by atoms with Gasteiger partial charge < -0.3 is 10.2 Å². The summed E-state index contributed by atoms with van der Waals surface area (Å²) in [7, 11) is 0. The number of hydrogen-bond acceptors (Lipinski definition) is 3. The molecule has 2 N–H and O–H groups in total. The van der Waals surface area contributed by atoms with E-state index >= 15 is 0 Å². The van der Waals surface area contributed by atoms with Crippen molar-refractivity contribution < 1.29 is 28.6 Å². The minimum atomic E-state index is -2.94. The third-order valence-electron chi connectivity index (χ3n) is 2.50. The van der Waals surface area contributed by atoms with E-state index in [0.717, 1.165) is 12.1 Å². The molecule has 7 heteroatoms. The monoisotopic (exact) mass is 336 g/mol. The molecule has 1 rings (SSSR count). The molecule has 2 unspecified atom stereocenters. The number of rotatable bonds is 5. The molecular weight excluding hydrogens is 326 g/mol. The van der Waals surface area contributed by atoms with Gasteiger partial charge in [-0.15, -0.1) is 0 Å². The summed E-state index contributed by atoms with van der Waals surface area (Å²) < 4.78 is 25.5. The van der Waals surface area contributed by atoms with E-state index in [2.05, 4.69) is 15.9 Å². The van der Waals surface area contributed by atoms with E-state index in [9.17, 15) is 23.5 Å². The van der Waals surface area contributed by atoms with Crippen LogP contribution < -0.4 is 0 Å². The highest BCUT2D eigenvalue weighted by Gasteiger charge is 2.25. The predicted octanol–water partition coefficient (Wildman–Crippen LogP) is 2.71. The van der Waals surface area contributed by atoms with Crippen LogP contribution in [0.25, 0.3) is 0 Å². The van der Waals surface area contributed by atoms with Gasteiger partial charge in [-0.2, -0.15) is 0 Å². The van der Waals surface area contributed by atoms with E-state index < -0.39 is 34.5 Å². The van der Waals surface area contributed by atoms with Crippen molar-refractivity contribution >= 4 is 27.7 Å². The van der Waals surface area contributed by atoms with Crippen LogP contribution in [-0.2, 0) is 4.79 Å². The molecule has 0 saturated heterocycles. The van der Waals surface area contributed by atoms with Gasteiger partial charge in [0.2, 0.25) is 0 Å². The van der Waals surface area contributed by atoms with Crippen LogP contribution in [0.1, 0.15) is 40.9 Å². The van der Waals surface area contributed by atoms with Crippen molar-refractivity contribution in [2.45, 2.75) is 24.3 Å². The second kappa shape index (κ2) is 6.21. The molecule has 0 bridgehead atoms. The van der Waals surface area contributed by atoms with Crippen LogP contribution in [0, 0.1) is 0 Å². The molecule has 19 heavy (non-hydrogen) atoms. The third-order valence-corrected chi connectivity index (χ3v) is 2.91. The van der Waals surface area contributed by atoms with Crippen LogP contribution in [-0.4, -0.2) is 26.8 Å². The molecule has 0 spiro atoms. The Bertz CT molecular complexity index is 503. The highest BCUT2D eigenvalue weighted by molar-refractivity contribution is 9.10. The lowest BCUT2D eigenvalue weighted by atomic mass is 9.97. The van der Waals surface area contributed by atoms with Crippen molar-refractivity contribution in [2.75, 3.05) is 0 Å². The average Bonchev–Trinajstić information content (AvgIpc) is 2.35. The minimum absolute atomic E-state index is 0.0593. The fraction of sp³-hybridized carbons (Fsp3) is 0.333. The highest BCUT2D eigenvalue weighted by Crippen LogP contribution is 2.29. The summed E-state index contributed by atoms with van der Waals surface area (Å²) in [6.45, 7) is 1.55. The maximum Gasteiger partial charge on any atom is 0.337 e. The Balaban J connectivity index is 3.34. The molecule has 0 saturated carbocycles. The van der Waals surface area contributed by atoms with Crippen LogP contribution in [0.2, 0.25) is 0 Å². The molecule has 1 aromatic carbocycles. The molecule has 4 nitrogen and oxygen atoms in total. The average molecular weight is 337 g/mol. The number of aliphatic hydroxyl groups is 1. The molecule has 1 aromatic rings. The van der Waals surface area contributed by atoms with Gasteiger partial charge in [-0.25, -0.2) is 13.6 Å². The SMILES string of the molecule is CC(Br)C(=O)c1ccc(C(F)F)c(C(O)C(=O)O)c1. The summed E-state index contributed by atoms with van der Waals surface area (Å²) in [5.41, 5.74) is -1.01. The molecule has 0 aliphatic carbocycles. The third kappa shape index (κ3) is 3.57. The zero-order valence-corrected chi connectivity index (χ0v) is 11.4. The van der Waals surface area contributed by atoms with E-state index in [-0.39, 0.29) is 11.3 Å². The van der Waals surface area contributed by atoms with Gasteiger partial charge in [-0.1, -0.05) is 28.1 Å². The van der Waals surface area contributed by atoms with Gasteiger partial charge in [-0.05, 0) is 13.0 Å². The Kier molecular flexibility index (Phi) is 5.13. The number of aliphatic hydroxyl groups excluding tert-OH is 1. The molecule has 0 heterocycles. The van der Waals surface area contributed by atoms with Crippen LogP contribution in [0.15, 0.2) is 18.2 Å². The topological polar surface area (TPSA) is 74.6 Å². The molecule has 0 aromatic heterocycles. The number of hydrogen-bond donors (Lipinski definition) is 2. The number of carboxylic acid groups (broad SMARTS) is 1. The Morgan fingerprint density at radius 1 is 1.26 bits per heavy atom. The van der Waals surface area contributed by atoms with E-state index in [1.807, 2.05) is 0 Å². The van der Waals surface area contributed by atoms with Gasteiger partial charge in [0, 0.05) is 16.7 Å². The van der Waals surface area contributed by atoms with Crippen molar-refractivity contribution in [3.05, 3.63) is 34.9 Å². The van der Waals surface area contributed by atoms with Gasteiger partial charge in [0.25, 0.3) is 6.43 Å². The summed E-state index contributed by atoms with van der Waals surface area (Å²) in [5.74, 6) is -2.04. The lowest BCUT2D eigenvalue weighted by molar-refractivity contribution is -0.147. The fourth-order valence-corrected chi connectivity index (χ4v) is 1.79. The van der Waals surface area contributed by atoms with Crippen molar-refractivity contribution in [1.29, 1.82) is 0 Å². The first-order valence-electron chi connectivity index (χ1n) is 5.26. The first-order chi connectivity index (χ1) is 8.75. The minimum Gasteiger partial charge on any atom is -0.479 e. The first-order valence-corrected chi connectivity index (χ1v) is 6.18. The molecule has 104 valence electrons. The molecule has 2 atom stereocenters. The van der Waals surface area contributed by atoms with Gasteiger partial charge in [0.05, 0.1) is 4.83 Å². The molecule has 0 aliphatic rings. The summed E-state index contributed by atoms with van der Waals surface area (Å²) in [6.07, 6.45) is -5.03. The van der Waals surface area contributed by atoms with Crippen molar-refractivity contribution in [3.8, 4) is 0 Å². The van der Waals surface area contributed by atoms with E-state index in [1.54, 1.807) is 6.92 Å². The van der Waals surface area contributed by atoms with Gasteiger partial charge in [0.15, 0.2) is 11.9 Å². The Morgan fingerprint density at radius 3 is 2.26 bits per heavy atom. The lowest BCUT2D eigenvalue weighted by Gasteiger charge is -2.14. The summed E-state index contributed by atoms with van der Waals surface area (Å²) >= 11 is 3.04. The number of Topliss-reactive ketones (excluding diaryl/α,β-unsaturated/α-hetero) is 1. The van der Waals surface area contributed by atoms with Crippen molar-refractivity contribution in [1.82, 2.24) is 0 Å². The number of carboxylic acids is 1. The second-order valence-electron chi connectivity index (χ2n) is 3.87. The molecule has 0 amide bonds. The second-order valence-corrected chi connectivity index (χ2v) is 5.24. The molecule has 0 aliphatic heterocycles. The smallest absolute Gasteiger partial charge is 0.337 e. The number of carbonyl (C=O) groups is 2. The normalized spacial score (nSPS) is 14.2. The molecule has 0 fully saturated rings. The maximum atomic E-state index is 12.7. The number of benzene rings is 1. The van der Waals surface area contributed by atoms with Gasteiger partial charge >= 0.3 is 5.97 Å². The Morgan fingerprint density at radius 2 is 1.84 bits per heavy atom. The predicted molar refractivity (Wildman–Crippen MR) is 66.7 cm³/mol. The quantitative estimate of drug-likeness (QED) is 0.640. The van der Waals surface area contributed by atoms with E-state index in [0.29, 0.717) is 0 Å². The van der Waals surface area contributed by atoms with Crippen molar-refractivity contribution in [3.63, 3.8) is 0 Å². The van der Waals surface area contributed by atoms with Crippen LogP contribution in [0.5, 0.6) is 0 Å². The van der Waals surface area contributed by atoms with Crippen LogP contribution >= 0.6 is 15.9 Å². The Labute approximate surface area is 116 Å². The van der Waals surface area contributed by atoms with Crippen molar-refractivity contribution in [2.24, 2.45) is 0 Å². The number of carbonyl (C=O) groups excluding carboxylic acids is 1. The standard InChI is InChI=1S/C12H11BrF2O4/c1-5(13)9(16)6-2-3-7(11(14)15)8(4-6)10(17)12(18)19/h2-5,10-11,17H,1H3,(H,18,19). The fourth-order valence-electron chi connectivity index (χ4n) is 1.53. The number of alkyl halides is 3. The Hall–Kier alpha value is -1.34. The molecule has 0 radical (unpaired) electrons. The summed E-state index contributed by atoms with van der Waals surface area (Å²) in [6, 6.07) is 3.12. The summed E-state index contributed by atoms with van der Waals surface area (Å²) in [5, 5.41) is 18.1.